The number of hydrogen-bond acceptors (Lipinski definition) is 3. The number of nitrogens with one attached hydrogen (secondary N) is 2. The van der Waals surface area contributed by atoms with Crippen LogP contribution in [0.5, 0.6) is 0 Å². The van der Waals surface area contributed by atoms with Crippen LogP contribution in [0, 0.1) is 11.8 Å². The molecule has 2 aliphatic heterocycles. The molecule has 24 heavy (non-hydrogen) atoms. The first kappa shape index (κ1) is 17.7. The summed E-state index contributed by atoms with van der Waals surface area (Å²) in [6, 6.07) is 0.786. The molecule has 1 aliphatic carbocycles. The maximum absolute atomic E-state index is 12.6. The lowest BCUT2D eigenvalue weighted by Gasteiger charge is -2.33. The molecule has 3 unspecified atom stereocenters. The molecule has 0 radical (unpaired) electrons. The zero-order valence-corrected chi connectivity index (χ0v) is 15.2. The Bertz CT molecular complexity index is 444. The van der Waals surface area contributed by atoms with Crippen molar-refractivity contribution in [3.8, 4) is 0 Å². The molecule has 3 rings (SSSR count). The summed E-state index contributed by atoms with van der Waals surface area (Å²) in [5.74, 6) is 1.55. The van der Waals surface area contributed by atoms with E-state index in [1.165, 1.54) is 25.7 Å². The Morgan fingerprint density at radius 2 is 1.83 bits per heavy atom. The van der Waals surface area contributed by atoms with E-state index in [1.54, 1.807) is 0 Å². The van der Waals surface area contributed by atoms with E-state index in [4.69, 9.17) is 0 Å². The first-order valence-electron chi connectivity index (χ1n) is 9.87. The first-order valence-corrected chi connectivity index (χ1v) is 9.87. The molecule has 2 heterocycles. The molecule has 3 aliphatic rings. The van der Waals surface area contributed by atoms with Gasteiger partial charge in [0.2, 0.25) is 11.8 Å². The molecule has 3 fully saturated rings. The molecule has 2 amide bonds. The van der Waals surface area contributed by atoms with E-state index < -0.39 is 0 Å². The lowest BCUT2D eigenvalue weighted by Crippen LogP contribution is -2.51. The summed E-state index contributed by atoms with van der Waals surface area (Å²) in [4.78, 5) is 26.6. The first-order chi connectivity index (χ1) is 11.5. The summed E-state index contributed by atoms with van der Waals surface area (Å²) < 4.78 is 0. The molecule has 0 aromatic heterocycles. The summed E-state index contributed by atoms with van der Waals surface area (Å²) in [6.45, 7) is 5.72. The Balaban J connectivity index is 1.41. The number of likely N-dealkylation sites (tertiary alicyclic amines) is 1. The number of piperidine rings is 1. The van der Waals surface area contributed by atoms with Crippen LogP contribution in [0.1, 0.15) is 65.2 Å². The lowest BCUT2D eigenvalue weighted by molar-refractivity contribution is -0.133. The highest BCUT2D eigenvalue weighted by molar-refractivity contribution is 5.82. The lowest BCUT2D eigenvalue weighted by atomic mass is 9.85. The Hall–Kier alpha value is -1.10. The van der Waals surface area contributed by atoms with Crippen molar-refractivity contribution in [2.45, 2.75) is 83.3 Å². The van der Waals surface area contributed by atoms with Crippen molar-refractivity contribution in [3.63, 3.8) is 0 Å². The SMILES string of the molecule is CC(C)CC(=O)N1CCC(NC(=O)C2CC3CCCCC3N2)CC1. The van der Waals surface area contributed by atoms with E-state index >= 15 is 0 Å². The molecule has 0 aromatic carbocycles. The van der Waals surface area contributed by atoms with Crippen LogP contribution in [-0.2, 0) is 9.59 Å². The van der Waals surface area contributed by atoms with Crippen LogP contribution >= 0.6 is 0 Å². The van der Waals surface area contributed by atoms with Crippen molar-refractivity contribution in [2.75, 3.05) is 13.1 Å². The van der Waals surface area contributed by atoms with Crippen molar-refractivity contribution in [1.82, 2.24) is 15.5 Å². The van der Waals surface area contributed by atoms with Crippen molar-refractivity contribution < 1.29 is 9.59 Å². The Kier molecular flexibility index (Phi) is 5.80. The summed E-state index contributed by atoms with van der Waals surface area (Å²) in [5.41, 5.74) is 0. The standard InChI is InChI=1S/C19H33N3O2/c1-13(2)11-18(23)22-9-7-15(8-10-22)20-19(24)17-12-14-5-3-4-6-16(14)21-17/h13-17,21H,3-12H2,1-2H3,(H,20,24). The minimum Gasteiger partial charge on any atom is -0.352 e. The largest absolute Gasteiger partial charge is 0.352 e. The predicted octanol–water partition coefficient (Wildman–Crippen LogP) is 2.06. The summed E-state index contributed by atoms with van der Waals surface area (Å²) >= 11 is 0. The van der Waals surface area contributed by atoms with Crippen LogP contribution < -0.4 is 10.6 Å². The van der Waals surface area contributed by atoms with Crippen molar-refractivity contribution in [2.24, 2.45) is 11.8 Å². The highest BCUT2D eigenvalue weighted by Gasteiger charge is 2.38. The number of carbonyl (C=O) groups excluding carboxylic acids is 2. The molecule has 136 valence electrons. The van der Waals surface area contributed by atoms with Crippen LogP contribution in [0.3, 0.4) is 0 Å². The monoisotopic (exact) mass is 335 g/mol. The van der Waals surface area contributed by atoms with Crippen LogP contribution in [0.15, 0.2) is 0 Å². The molecule has 0 bridgehead atoms. The Morgan fingerprint density at radius 1 is 1.12 bits per heavy atom. The van der Waals surface area contributed by atoms with E-state index in [-0.39, 0.29) is 23.9 Å². The van der Waals surface area contributed by atoms with Gasteiger partial charge in [-0.25, -0.2) is 0 Å². The van der Waals surface area contributed by atoms with Crippen LogP contribution in [0.2, 0.25) is 0 Å². The Labute approximate surface area is 145 Å². The zero-order chi connectivity index (χ0) is 17.1. The maximum Gasteiger partial charge on any atom is 0.237 e. The molecular weight excluding hydrogens is 302 g/mol. The molecular formula is C19H33N3O2. The minimum atomic E-state index is -0.00120. The van der Waals surface area contributed by atoms with E-state index in [2.05, 4.69) is 24.5 Å². The van der Waals surface area contributed by atoms with Gasteiger partial charge in [-0.1, -0.05) is 26.7 Å². The molecule has 2 saturated heterocycles. The van der Waals surface area contributed by atoms with Gasteiger partial charge in [-0.05, 0) is 43.9 Å². The second kappa shape index (κ2) is 7.85. The van der Waals surface area contributed by atoms with Crippen LogP contribution in [0.25, 0.3) is 0 Å². The average molecular weight is 335 g/mol. The topological polar surface area (TPSA) is 61.4 Å². The third-order valence-electron chi connectivity index (χ3n) is 5.96. The number of rotatable bonds is 4. The molecule has 5 heteroatoms. The van der Waals surface area contributed by atoms with Gasteiger partial charge >= 0.3 is 0 Å². The number of amides is 2. The molecule has 1 saturated carbocycles. The molecule has 5 nitrogen and oxygen atoms in total. The normalized spacial score (nSPS) is 31.1. The van der Waals surface area contributed by atoms with Gasteiger partial charge in [-0.2, -0.15) is 0 Å². The van der Waals surface area contributed by atoms with Crippen LogP contribution in [0.4, 0.5) is 0 Å². The van der Waals surface area contributed by atoms with Crippen molar-refractivity contribution in [3.05, 3.63) is 0 Å². The van der Waals surface area contributed by atoms with Gasteiger partial charge in [-0.3, -0.25) is 9.59 Å². The van der Waals surface area contributed by atoms with E-state index in [1.807, 2.05) is 4.90 Å². The molecule has 0 spiro atoms. The zero-order valence-electron chi connectivity index (χ0n) is 15.2. The fourth-order valence-electron chi connectivity index (χ4n) is 4.57. The van der Waals surface area contributed by atoms with Gasteiger partial charge in [0.25, 0.3) is 0 Å². The summed E-state index contributed by atoms with van der Waals surface area (Å²) in [7, 11) is 0. The smallest absolute Gasteiger partial charge is 0.237 e. The number of fused-ring (bicyclic) bond motifs is 1. The predicted molar refractivity (Wildman–Crippen MR) is 94.5 cm³/mol. The van der Waals surface area contributed by atoms with E-state index in [9.17, 15) is 9.59 Å². The number of carbonyl (C=O) groups is 2. The second-order valence-electron chi connectivity index (χ2n) is 8.37. The maximum atomic E-state index is 12.6. The fourth-order valence-corrected chi connectivity index (χ4v) is 4.57. The third kappa shape index (κ3) is 4.29. The van der Waals surface area contributed by atoms with E-state index in [0.717, 1.165) is 32.4 Å². The fraction of sp³-hybridized carbons (Fsp3) is 0.895. The van der Waals surface area contributed by atoms with E-state index in [0.29, 0.717) is 24.3 Å². The third-order valence-corrected chi connectivity index (χ3v) is 5.96. The second-order valence-corrected chi connectivity index (χ2v) is 8.37. The average Bonchev–Trinajstić information content (AvgIpc) is 2.99. The van der Waals surface area contributed by atoms with Gasteiger partial charge in [0, 0.05) is 31.6 Å². The summed E-state index contributed by atoms with van der Waals surface area (Å²) in [6.07, 6.45) is 8.52. The van der Waals surface area contributed by atoms with Gasteiger partial charge in [0.1, 0.15) is 0 Å². The molecule has 2 N–H and O–H groups in total. The number of hydrogen-bond donors (Lipinski definition) is 2. The van der Waals surface area contributed by atoms with Gasteiger partial charge in [0.05, 0.1) is 6.04 Å². The van der Waals surface area contributed by atoms with Crippen molar-refractivity contribution >= 4 is 11.8 Å². The van der Waals surface area contributed by atoms with Gasteiger partial charge in [0.15, 0.2) is 0 Å². The van der Waals surface area contributed by atoms with Gasteiger partial charge in [-0.15, -0.1) is 0 Å². The quantitative estimate of drug-likeness (QED) is 0.827. The molecule has 3 atom stereocenters. The minimum absolute atomic E-state index is 0.00120. The van der Waals surface area contributed by atoms with Crippen molar-refractivity contribution in [1.29, 1.82) is 0 Å². The highest BCUT2D eigenvalue weighted by Crippen LogP contribution is 2.33. The summed E-state index contributed by atoms with van der Waals surface area (Å²) in [5, 5.41) is 6.79. The number of nitrogens with zero attached hydrogens (tertiary/aromatic N) is 1. The highest BCUT2D eigenvalue weighted by atomic mass is 16.2. The molecule has 0 aromatic rings. The van der Waals surface area contributed by atoms with Crippen LogP contribution in [-0.4, -0.2) is 47.9 Å². The Morgan fingerprint density at radius 3 is 2.50 bits per heavy atom. The van der Waals surface area contributed by atoms with Gasteiger partial charge < -0.3 is 15.5 Å².